The lowest BCUT2D eigenvalue weighted by atomic mass is 9.96. The van der Waals surface area contributed by atoms with Crippen LogP contribution in [0.25, 0.3) is 0 Å². The lowest BCUT2D eigenvalue weighted by Gasteiger charge is -2.19. The van der Waals surface area contributed by atoms with Gasteiger partial charge in [-0.25, -0.2) is 0 Å². The van der Waals surface area contributed by atoms with Gasteiger partial charge in [0, 0.05) is 10.9 Å². The Morgan fingerprint density at radius 3 is 3.00 bits per heavy atom. The molecule has 0 aromatic carbocycles. The van der Waals surface area contributed by atoms with Crippen LogP contribution < -0.4 is 5.73 Å². The molecule has 0 spiro atoms. The number of carbonyl (C=O) groups is 1. The summed E-state index contributed by atoms with van der Waals surface area (Å²) in [6.07, 6.45) is 5.23. The maximum atomic E-state index is 12.0. The zero-order valence-electron chi connectivity index (χ0n) is 9.93. The van der Waals surface area contributed by atoms with Gasteiger partial charge in [0.05, 0.1) is 5.92 Å². The number of thiophene rings is 1. The zero-order chi connectivity index (χ0) is 12.1. The number of ether oxygens (including phenoxy) is 1. The molecule has 0 saturated heterocycles. The summed E-state index contributed by atoms with van der Waals surface area (Å²) >= 11 is 1.61. The van der Waals surface area contributed by atoms with Gasteiger partial charge in [0.25, 0.3) is 0 Å². The van der Waals surface area contributed by atoms with E-state index in [2.05, 4.69) is 0 Å². The molecule has 2 unspecified atom stereocenters. The minimum Gasteiger partial charge on any atom is -0.460 e. The largest absolute Gasteiger partial charge is 0.460 e. The first-order valence-corrected chi connectivity index (χ1v) is 7.10. The Morgan fingerprint density at radius 2 is 2.24 bits per heavy atom. The second-order valence-corrected chi connectivity index (χ2v) is 5.63. The van der Waals surface area contributed by atoms with Gasteiger partial charge in [-0.05, 0) is 24.3 Å². The maximum absolute atomic E-state index is 12.0. The van der Waals surface area contributed by atoms with Crippen molar-refractivity contribution in [3.8, 4) is 0 Å². The number of nitrogens with two attached hydrogens (primary N) is 1. The van der Waals surface area contributed by atoms with Crippen LogP contribution in [0.3, 0.4) is 0 Å². The Bertz CT molecular complexity index is 350. The molecule has 3 nitrogen and oxygen atoms in total. The monoisotopic (exact) mass is 253 g/mol. The quantitative estimate of drug-likeness (QED) is 0.665. The van der Waals surface area contributed by atoms with Crippen LogP contribution in [-0.4, -0.2) is 12.0 Å². The fourth-order valence-corrected chi connectivity index (χ4v) is 2.89. The van der Waals surface area contributed by atoms with E-state index in [4.69, 9.17) is 10.5 Å². The van der Waals surface area contributed by atoms with Crippen LogP contribution >= 0.6 is 11.3 Å². The van der Waals surface area contributed by atoms with Gasteiger partial charge in [0.1, 0.15) is 6.61 Å². The molecule has 1 aliphatic carbocycles. The Morgan fingerprint density at radius 1 is 1.41 bits per heavy atom. The smallest absolute Gasteiger partial charge is 0.310 e. The van der Waals surface area contributed by atoms with Crippen LogP contribution in [0.2, 0.25) is 0 Å². The van der Waals surface area contributed by atoms with Gasteiger partial charge in [-0.15, -0.1) is 11.3 Å². The predicted molar refractivity (Wildman–Crippen MR) is 68.7 cm³/mol. The lowest BCUT2D eigenvalue weighted by molar-refractivity contribution is -0.150. The van der Waals surface area contributed by atoms with Crippen molar-refractivity contribution in [2.75, 3.05) is 0 Å². The molecule has 4 heteroatoms. The summed E-state index contributed by atoms with van der Waals surface area (Å²) in [5.74, 6) is -0.217. The van der Waals surface area contributed by atoms with Crippen molar-refractivity contribution in [1.82, 2.24) is 0 Å². The highest BCUT2D eigenvalue weighted by atomic mass is 32.1. The van der Waals surface area contributed by atoms with Crippen molar-refractivity contribution in [2.45, 2.75) is 44.8 Å². The van der Waals surface area contributed by atoms with E-state index in [-0.39, 0.29) is 17.9 Å². The van der Waals surface area contributed by atoms with Gasteiger partial charge in [0.2, 0.25) is 0 Å². The van der Waals surface area contributed by atoms with Gasteiger partial charge >= 0.3 is 5.97 Å². The van der Waals surface area contributed by atoms with E-state index in [1.165, 1.54) is 6.42 Å². The Hall–Kier alpha value is -0.870. The molecule has 1 aliphatic rings. The summed E-state index contributed by atoms with van der Waals surface area (Å²) in [7, 11) is 0. The SMILES string of the molecule is NC1CCCCCC1C(=O)OCc1cccs1. The second-order valence-electron chi connectivity index (χ2n) is 4.60. The highest BCUT2D eigenvalue weighted by Gasteiger charge is 2.28. The van der Waals surface area contributed by atoms with Crippen molar-refractivity contribution in [1.29, 1.82) is 0 Å². The van der Waals surface area contributed by atoms with Gasteiger partial charge in [-0.3, -0.25) is 4.79 Å². The van der Waals surface area contributed by atoms with Crippen LogP contribution in [0.5, 0.6) is 0 Å². The van der Waals surface area contributed by atoms with E-state index >= 15 is 0 Å². The number of hydrogen-bond acceptors (Lipinski definition) is 4. The Balaban J connectivity index is 1.85. The van der Waals surface area contributed by atoms with Crippen LogP contribution in [0.1, 0.15) is 37.0 Å². The summed E-state index contributed by atoms with van der Waals surface area (Å²) in [6, 6.07) is 3.92. The summed E-state index contributed by atoms with van der Waals surface area (Å²) in [5.41, 5.74) is 6.03. The van der Waals surface area contributed by atoms with Crippen molar-refractivity contribution in [2.24, 2.45) is 11.7 Å². The van der Waals surface area contributed by atoms with E-state index in [0.29, 0.717) is 6.61 Å². The topological polar surface area (TPSA) is 52.3 Å². The molecule has 0 radical (unpaired) electrons. The minimum absolute atomic E-state index is 0.0201. The van der Waals surface area contributed by atoms with Crippen molar-refractivity contribution >= 4 is 17.3 Å². The molecule has 17 heavy (non-hydrogen) atoms. The summed E-state index contributed by atoms with van der Waals surface area (Å²) in [5, 5.41) is 1.99. The summed E-state index contributed by atoms with van der Waals surface area (Å²) in [4.78, 5) is 13.0. The molecule has 1 heterocycles. The second kappa shape index (κ2) is 6.17. The molecule has 0 amide bonds. The first-order chi connectivity index (χ1) is 8.27. The molecule has 1 saturated carbocycles. The third-order valence-electron chi connectivity index (χ3n) is 3.31. The van der Waals surface area contributed by atoms with Gasteiger partial charge in [-0.2, -0.15) is 0 Å². The van der Waals surface area contributed by atoms with Crippen LogP contribution in [0, 0.1) is 5.92 Å². The highest BCUT2D eigenvalue weighted by molar-refractivity contribution is 7.09. The molecular weight excluding hydrogens is 234 g/mol. The molecule has 1 aromatic rings. The molecule has 0 bridgehead atoms. The number of rotatable bonds is 3. The van der Waals surface area contributed by atoms with Crippen molar-refractivity contribution < 1.29 is 9.53 Å². The molecule has 94 valence electrons. The van der Waals surface area contributed by atoms with E-state index in [9.17, 15) is 4.79 Å². The molecule has 2 atom stereocenters. The van der Waals surface area contributed by atoms with Crippen LogP contribution in [0.15, 0.2) is 17.5 Å². The number of hydrogen-bond donors (Lipinski definition) is 1. The molecule has 1 fully saturated rings. The summed E-state index contributed by atoms with van der Waals surface area (Å²) < 4.78 is 5.34. The molecular formula is C13H19NO2S. The van der Waals surface area contributed by atoms with Crippen molar-refractivity contribution in [3.05, 3.63) is 22.4 Å². The molecule has 0 aliphatic heterocycles. The van der Waals surface area contributed by atoms with Crippen molar-refractivity contribution in [3.63, 3.8) is 0 Å². The average Bonchev–Trinajstić information content (AvgIpc) is 2.75. The van der Waals surface area contributed by atoms with Crippen LogP contribution in [-0.2, 0) is 16.1 Å². The summed E-state index contributed by atoms with van der Waals surface area (Å²) in [6.45, 7) is 0.389. The van der Waals surface area contributed by atoms with E-state index in [1.54, 1.807) is 11.3 Å². The van der Waals surface area contributed by atoms with E-state index in [1.807, 2.05) is 17.5 Å². The zero-order valence-corrected chi connectivity index (χ0v) is 10.7. The first-order valence-electron chi connectivity index (χ1n) is 6.22. The van der Waals surface area contributed by atoms with E-state index in [0.717, 1.165) is 30.6 Å². The fourth-order valence-electron chi connectivity index (χ4n) is 2.27. The van der Waals surface area contributed by atoms with E-state index < -0.39 is 0 Å². The maximum Gasteiger partial charge on any atom is 0.310 e. The third kappa shape index (κ3) is 3.54. The fraction of sp³-hybridized carbons (Fsp3) is 0.615. The Kier molecular flexibility index (Phi) is 4.57. The standard InChI is InChI=1S/C13H19NO2S/c14-12-7-3-1-2-6-11(12)13(15)16-9-10-5-4-8-17-10/h4-5,8,11-12H,1-3,6-7,9,14H2. The minimum atomic E-state index is -0.118. The highest BCUT2D eigenvalue weighted by Crippen LogP contribution is 2.24. The van der Waals surface area contributed by atoms with Gasteiger partial charge < -0.3 is 10.5 Å². The number of carbonyl (C=O) groups excluding carboxylic acids is 1. The van der Waals surface area contributed by atoms with Gasteiger partial charge in [-0.1, -0.05) is 25.3 Å². The normalized spacial score (nSPS) is 25.2. The first kappa shape index (κ1) is 12.6. The number of esters is 1. The molecule has 2 rings (SSSR count). The molecule has 2 N–H and O–H groups in total. The lowest BCUT2D eigenvalue weighted by Crippen LogP contribution is -2.35. The predicted octanol–water partition coefficient (Wildman–Crippen LogP) is 2.70. The Labute approximate surface area is 106 Å². The van der Waals surface area contributed by atoms with Gasteiger partial charge in [0.15, 0.2) is 0 Å². The third-order valence-corrected chi connectivity index (χ3v) is 4.16. The van der Waals surface area contributed by atoms with Crippen LogP contribution in [0.4, 0.5) is 0 Å². The average molecular weight is 253 g/mol. The molecule has 1 aromatic heterocycles.